The van der Waals surface area contributed by atoms with Gasteiger partial charge in [0.2, 0.25) is 5.91 Å². The average molecular weight is 444 g/mol. The summed E-state index contributed by atoms with van der Waals surface area (Å²) in [6, 6.07) is 13.6. The van der Waals surface area contributed by atoms with Crippen LogP contribution in [-0.4, -0.2) is 48.8 Å². The highest BCUT2D eigenvalue weighted by Gasteiger charge is 2.44. The number of hydrogen-bond donors (Lipinski definition) is 1. The fraction of sp³-hybridized carbons (Fsp3) is 0.364. The molecule has 6 nitrogen and oxygen atoms in total. The zero-order chi connectivity index (χ0) is 21.5. The Morgan fingerprint density at radius 2 is 1.83 bits per heavy atom. The standard InChI is InChI=1S/C22H25N3O3S2/c1-14-5-4-6-17(8-14)23-21(26)11-25(18-9-15(2)7-16(3)10-18)22-24-19-12-30(27,28)13-20(19)29-22/h4-10,19-20H,11-13H2,1-3H3,(H,23,26). The van der Waals surface area contributed by atoms with E-state index in [1.807, 2.05) is 62.1 Å². The molecule has 4 rings (SSSR count). The van der Waals surface area contributed by atoms with Gasteiger partial charge < -0.3 is 10.2 Å². The van der Waals surface area contributed by atoms with Crippen LogP contribution in [0.2, 0.25) is 0 Å². The molecule has 2 atom stereocenters. The van der Waals surface area contributed by atoms with Gasteiger partial charge in [-0.2, -0.15) is 0 Å². The van der Waals surface area contributed by atoms with E-state index >= 15 is 0 Å². The minimum Gasteiger partial charge on any atom is -0.325 e. The van der Waals surface area contributed by atoms with Crippen LogP contribution < -0.4 is 10.2 Å². The molecule has 1 saturated heterocycles. The molecule has 2 unspecified atom stereocenters. The number of nitrogens with zero attached hydrogens (tertiary/aromatic N) is 2. The SMILES string of the molecule is Cc1cccc(NC(=O)CN(C2=NC3CS(=O)(=O)CC3S2)c2cc(C)cc(C)c2)c1. The summed E-state index contributed by atoms with van der Waals surface area (Å²) in [5, 5.41) is 3.60. The normalized spacial score (nSPS) is 21.8. The lowest BCUT2D eigenvalue weighted by atomic mass is 10.1. The number of carbonyl (C=O) groups excluding carboxylic acids is 1. The number of sulfone groups is 1. The minimum absolute atomic E-state index is 0.0711. The summed E-state index contributed by atoms with van der Waals surface area (Å²) in [5.74, 6) is 0.0864. The largest absolute Gasteiger partial charge is 0.325 e. The second-order valence-corrected chi connectivity index (χ2v) is 11.4. The summed E-state index contributed by atoms with van der Waals surface area (Å²) < 4.78 is 23.9. The molecule has 0 radical (unpaired) electrons. The number of amides is 1. The number of nitrogens with one attached hydrogen (secondary N) is 1. The fourth-order valence-electron chi connectivity index (χ4n) is 3.91. The van der Waals surface area contributed by atoms with Crippen molar-refractivity contribution in [3.63, 3.8) is 0 Å². The van der Waals surface area contributed by atoms with Crippen molar-refractivity contribution in [3.05, 3.63) is 59.2 Å². The van der Waals surface area contributed by atoms with E-state index in [9.17, 15) is 13.2 Å². The number of amidine groups is 1. The van der Waals surface area contributed by atoms with Gasteiger partial charge in [0.15, 0.2) is 15.0 Å². The number of aliphatic imine (C=N–C) groups is 1. The van der Waals surface area contributed by atoms with Crippen molar-refractivity contribution in [2.45, 2.75) is 32.1 Å². The molecule has 1 fully saturated rings. The number of benzene rings is 2. The topological polar surface area (TPSA) is 78.8 Å². The van der Waals surface area contributed by atoms with Crippen LogP contribution in [0.1, 0.15) is 16.7 Å². The number of carbonyl (C=O) groups is 1. The highest BCUT2D eigenvalue weighted by Crippen LogP contribution is 2.37. The van der Waals surface area contributed by atoms with Crippen molar-refractivity contribution in [1.82, 2.24) is 0 Å². The third-order valence-electron chi connectivity index (χ3n) is 5.16. The summed E-state index contributed by atoms with van der Waals surface area (Å²) in [7, 11) is -3.03. The van der Waals surface area contributed by atoms with Crippen molar-refractivity contribution in [1.29, 1.82) is 0 Å². The third kappa shape index (κ3) is 4.70. The molecule has 8 heteroatoms. The molecule has 0 aliphatic carbocycles. The van der Waals surface area contributed by atoms with Gasteiger partial charge in [0.1, 0.15) is 6.54 Å². The van der Waals surface area contributed by atoms with Gasteiger partial charge >= 0.3 is 0 Å². The Bertz CT molecular complexity index is 1110. The maximum Gasteiger partial charge on any atom is 0.244 e. The van der Waals surface area contributed by atoms with Gasteiger partial charge in [-0.15, -0.1) is 0 Å². The Morgan fingerprint density at radius 3 is 2.50 bits per heavy atom. The Balaban J connectivity index is 1.60. The first kappa shape index (κ1) is 20.9. The molecule has 2 aliphatic rings. The van der Waals surface area contributed by atoms with E-state index < -0.39 is 9.84 Å². The molecule has 2 aromatic rings. The molecule has 0 spiro atoms. The molecule has 158 valence electrons. The zero-order valence-electron chi connectivity index (χ0n) is 17.3. The zero-order valence-corrected chi connectivity index (χ0v) is 18.9. The fourth-order valence-corrected chi connectivity index (χ4v) is 7.69. The van der Waals surface area contributed by atoms with Crippen molar-refractivity contribution in [2.75, 3.05) is 28.3 Å². The number of anilines is 2. The van der Waals surface area contributed by atoms with E-state index in [0.29, 0.717) is 5.17 Å². The van der Waals surface area contributed by atoms with Crippen LogP contribution in [0, 0.1) is 20.8 Å². The average Bonchev–Trinajstić information content (AvgIpc) is 3.12. The summed E-state index contributed by atoms with van der Waals surface area (Å²) in [4.78, 5) is 19.5. The van der Waals surface area contributed by atoms with Gasteiger partial charge in [-0.25, -0.2) is 8.42 Å². The first-order valence-electron chi connectivity index (χ1n) is 9.86. The van der Waals surface area contributed by atoms with Crippen molar-refractivity contribution < 1.29 is 13.2 Å². The van der Waals surface area contributed by atoms with Gasteiger partial charge in [-0.1, -0.05) is 30.0 Å². The molecule has 0 aromatic heterocycles. The first-order chi connectivity index (χ1) is 14.2. The van der Waals surface area contributed by atoms with E-state index in [-0.39, 0.29) is 35.2 Å². The molecule has 0 saturated carbocycles. The minimum atomic E-state index is -3.03. The van der Waals surface area contributed by atoms with E-state index in [0.717, 1.165) is 28.1 Å². The predicted molar refractivity (Wildman–Crippen MR) is 124 cm³/mol. The summed E-state index contributed by atoms with van der Waals surface area (Å²) in [6.45, 7) is 6.13. The van der Waals surface area contributed by atoms with Crippen LogP contribution in [0.4, 0.5) is 11.4 Å². The molecular formula is C22H25N3O3S2. The molecule has 2 aliphatic heterocycles. The molecule has 30 heavy (non-hydrogen) atoms. The molecule has 2 aromatic carbocycles. The van der Waals surface area contributed by atoms with E-state index in [2.05, 4.69) is 11.4 Å². The van der Waals surface area contributed by atoms with E-state index in [4.69, 9.17) is 4.99 Å². The summed E-state index contributed by atoms with van der Waals surface area (Å²) >= 11 is 1.47. The quantitative estimate of drug-likeness (QED) is 0.784. The second-order valence-electron chi connectivity index (χ2n) is 8.06. The number of rotatable bonds is 4. The van der Waals surface area contributed by atoms with Crippen LogP contribution >= 0.6 is 11.8 Å². The maximum atomic E-state index is 12.9. The van der Waals surface area contributed by atoms with Crippen molar-refractivity contribution in [3.8, 4) is 0 Å². The number of aryl methyl sites for hydroxylation is 3. The Kier molecular flexibility index (Phi) is 5.63. The van der Waals surface area contributed by atoms with Crippen molar-refractivity contribution in [2.24, 2.45) is 4.99 Å². The van der Waals surface area contributed by atoms with Crippen LogP contribution in [0.5, 0.6) is 0 Å². The van der Waals surface area contributed by atoms with Gasteiger partial charge in [0.05, 0.1) is 17.5 Å². The van der Waals surface area contributed by atoms with Crippen molar-refractivity contribution >= 4 is 44.0 Å². The van der Waals surface area contributed by atoms with E-state index in [1.54, 1.807) is 0 Å². The molecule has 1 N–H and O–H groups in total. The lowest BCUT2D eigenvalue weighted by Crippen LogP contribution is -2.36. The monoisotopic (exact) mass is 443 g/mol. The predicted octanol–water partition coefficient (Wildman–Crippen LogP) is 3.33. The first-order valence-corrected chi connectivity index (χ1v) is 12.6. The molecule has 1 amide bonds. The Labute approximate surface area is 181 Å². The Hall–Kier alpha value is -2.32. The number of thioether (sulfide) groups is 1. The van der Waals surface area contributed by atoms with Crippen LogP contribution in [0.3, 0.4) is 0 Å². The Morgan fingerprint density at radius 1 is 1.10 bits per heavy atom. The number of fused-ring (bicyclic) bond motifs is 1. The van der Waals surface area contributed by atoms with Gasteiger partial charge in [0.25, 0.3) is 0 Å². The highest BCUT2D eigenvalue weighted by atomic mass is 32.2. The molecule has 0 bridgehead atoms. The molecular weight excluding hydrogens is 418 g/mol. The van der Waals surface area contributed by atoms with Gasteiger partial charge in [0, 0.05) is 16.6 Å². The lowest BCUT2D eigenvalue weighted by molar-refractivity contribution is -0.114. The van der Waals surface area contributed by atoms with Gasteiger partial charge in [-0.3, -0.25) is 9.79 Å². The van der Waals surface area contributed by atoms with Gasteiger partial charge in [-0.05, 0) is 61.7 Å². The van der Waals surface area contributed by atoms with E-state index in [1.165, 1.54) is 11.8 Å². The smallest absolute Gasteiger partial charge is 0.244 e. The number of hydrogen-bond acceptors (Lipinski definition) is 6. The maximum absolute atomic E-state index is 12.9. The summed E-state index contributed by atoms with van der Waals surface area (Å²) in [5.41, 5.74) is 4.91. The summed E-state index contributed by atoms with van der Waals surface area (Å²) in [6.07, 6.45) is 0. The van der Waals surface area contributed by atoms with Crippen LogP contribution in [-0.2, 0) is 14.6 Å². The second kappa shape index (κ2) is 8.07. The highest BCUT2D eigenvalue weighted by molar-refractivity contribution is 8.15. The third-order valence-corrected chi connectivity index (χ3v) is 8.41. The van der Waals surface area contributed by atoms with Crippen LogP contribution in [0.15, 0.2) is 47.5 Å². The molecule has 2 heterocycles. The lowest BCUT2D eigenvalue weighted by Gasteiger charge is -2.25. The van der Waals surface area contributed by atoms with Crippen LogP contribution in [0.25, 0.3) is 0 Å².